The lowest BCUT2D eigenvalue weighted by molar-refractivity contribution is 0.190. The van der Waals surface area contributed by atoms with Crippen LogP contribution in [0.5, 0.6) is 0 Å². The van der Waals surface area contributed by atoms with Crippen LogP contribution in [0.1, 0.15) is 17.5 Å². The second-order valence-electron chi connectivity index (χ2n) is 3.89. The van der Waals surface area contributed by atoms with Crippen molar-refractivity contribution < 1.29 is 4.74 Å². The van der Waals surface area contributed by atoms with E-state index in [1.807, 2.05) is 0 Å². The Hall–Kier alpha value is -0.570. The van der Waals surface area contributed by atoms with Gasteiger partial charge >= 0.3 is 0 Å². The monoisotopic (exact) mass is 225 g/mol. The number of nitrogens with one attached hydrogen (secondary N) is 1. The Morgan fingerprint density at radius 2 is 2.00 bits per heavy atom. The van der Waals surface area contributed by atoms with Gasteiger partial charge in [-0.1, -0.05) is 24.3 Å². The Labute approximate surface area is 95.6 Å². The summed E-state index contributed by atoms with van der Waals surface area (Å²) in [6, 6.07) is 8.93. The first-order chi connectivity index (χ1) is 7.38. The molecule has 0 bridgehead atoms. The molecular weight excluding hydrogens is 210 g/mol. The summed E-state index contributed by atoms with van der Waals surface area (Å²) in [4.78, 5) is 0. The minimum Gasteiger partial charge on any atom is -0.380 e. The fourth-order valence-corrected chi connectivity index (χ4v) is 1.88. The van der Waals surface area contributed by atoms with E-state index in [2.05, 4.69) is 29.6 Å². The summed E-state index contributed by atoms with van der Waals surface area (Å²) in [6.07, 6.45) is 1.12. The summed E-state index contributed by atoms with van der Waals surface area (Å²) in [5.74, 6) is 0.587. The maximum absolute atomic E-state index is 5.73. The molecule has 82 valence electrons. The summed E-state index contributed by atoms with van der Waals surface area (Å²) < 4.78 is 5.30. The fourth-order valence-electron chi connectivity index (χ4n) is 1.70. The molecule has 15 heavy (non-hydrogen) atoms. The zero-order valence-electron chi connectivity index (χ0n) is 8.71. The molecule has 0 spiro atoms. The van der Waals surface area contributed by atoms with E-state index in [-0.39, 0.29) is 0 Å². The van der Waals surface area contributed by atoms with E-state index < -0.39 is 0 Å². The molecule has 2 rings (SSSR count). The first-order valence-corrected chi connectivity index (χ1v) is 5.87. The highest BCUT2D eigenvalue weighted by Gasteiger charge is 2.13. The summed E-state index contributed by atoms with van der Waals surface area (Å²) in [5, 5.41) is 3.48. The number of ether oxygens (including phenoxy) is 1. The van der Waals surface area contributed by atoms with Crippen molar-refractivity contribution >= 4 is 11.6 Å². The van der Waals surface area contributed by atoms with Gasteiger partial charge in [0.15, 0.2) is 0 Å². The van der Waals surface area contributed by atoms with Gasteiger partial charge < -0.3 is 10.1 Å². The molecule has 0 aliphatic carbocycles. The minimum absolute atomic E-state index is 0.526. The Morgan fingerprint density at radius 1 is 1.27 bits per heavy atom. The van der Waals surface area contributed by atoms with Gasteiger partial charge in [0, 0.05) is 25.1 Å². The lowest BCUT2D eigenvalue weighted by Gasteiger charge is -2.10. The van der Waals surface area contributed by atoms with E-state index in [9.17, 15) is 0 Å². The van der Waals surface area contributed by atoms with Crippen LogP contribution in [-0.2, 0) is 17.2 Å². The van der Waals surface area contributed by atoms with Crippen LogP contribution in [0, 0.1) is 0 Å². The second kappa shape index (κ2) is 5.50. The van der Waals surface area contributed by atoms with Gasteiger partial charge in [-0.15, -0.1) is 11.6 Å². The van der Waals surface area contributed by atoms with E-state index >= 15 is 0 Å². The Bertz CT molecular complexity index is 293. The van der Waals surface area contributed by atoms with Crippen molar-refractivity contribution in [2.75, 3.05) is 13.2 Å². The third kappa shape index (κ3) is 3.20. The van der Waals surface area contributed by atoms with E-state index in [0.717, 1.165) is 26.2 Å². The summed E-state index contributed by atoms with van der Waals surface area (Å²) >= 11 is 5.73. The molecule has 0 amide bonds. The molecule has 0 radical (unpaired) electrons. The summed E-state index contributed by atoms with van der Waals surface area (Å²) in [5.41, 5.74) is 2.47. The van der Waals surface area contributed by atoms with Crippen LogP contribution in [0.15, 0.2) is 24.3 Å². The van der Waals surface area contributed by atoms with Crippen LogP contribution in [0.2, 0.25) is 0 Å². The molecule has 1 aromatic carbocycles. The molecule has 3 heteroatoms. The third-order valence-electron chi connectivity index (χ3n) is 2.70. The molecule has 1 unspecified atom stereocenters. The topological polar surface area (TPSA) is 21.3 Å². The van der Waals surface area contributed by atoms with Crippen LogP contribution >= 0.6 is 11.6 Å². The Morgan fingerprint density at radius 3 is 2.60 bits per heavy atom. The first kappa shape index (κ1) is 10.9. The highest BCUT2D eigenvalue weighted by atomic mass is 35.5. The number of rotatable bonds is 4. The Balaban J connectivity index is 1.82. The molecule has 0 saturated carbocycles. The molecule has 2 nitrogen and oxygen atoms in total. The molecule has 1 heterocycles. The maximum Gasteiger partial charge on any atom is 0.0620 e. The van der Waals surface area contributed by atoms with Gasteiger partial charge in [-0.3, -0.25) is 0 Å². The predicted molar refractivity (Wildman–Crippen MR) is 62.1 cm³/mol. The molecule has 1 aliphatic heterocycles. The zero-order chi connectivity index (χ0) is 10.5. The molecule has 1 aliphatic rings. The van der Waals surface area contributed by atoms with E-state index in [1.165, 1.54) is 11.1 Å². The van der Waals surface area contributed by atoms with Crippen molar-refractivity contribution in [3.8, 4) is 0 Å². The van der Waals surface area contributed by atoms with Crippen LogP contribution < -0.4 is 5.32 Å². The lowest BCUT2D eigenvalue weighted by atomic mass is 10.1. The van der Waals surface area contributed by atoms with Gasteiger partial charge in [0.2, 0.25) is 0 Å². The standard InChI is InChI=1S/C12H16ClNO/c13-7-10-1-3-11(4-2-10)8-14-12-5-6-15-9-12/h1-4,12,14H,5-9H2. The molecular formula is C12H16ClNO. The predicted octanol–water partition coefficient (Wildman–Crippen LogP) is 2.30. The number of hydrogen-bond acceptors (Lipinski definition) is 2. The third-order valence-corrected chi connectivity index (χ3v) is 3.01. The van der Waals surface area contributed by atoms with Crippen molar-refractivity contribution in [3.05, 3.63) is 35.4 Å². The molecule has 0 aromatic heterocycles. The number of hydrogen-bond donors (Lipinski definition) is 1. The smallest absolute Gasteiger partial charge is 0.0620 e. The van der Waals surface area contributed by atoms with E-state index in [4.69, 9.17) is 16.3 Å². The average molecular weight is 226 g/mol. The number of benzene rings is 1. The van der Waals surface area contributed by atoms with Gasteiger partial charge in [0.1, 0.15) is 0 Å². The van der Waals surface area contributed by atoms with E-state index in [0.29, 0.717) is 11.9 Å². The fraction of sp³-hybridized carbons (Fsp3) is 0.500. The summed E-state index contributed by atoms with van der Waals surface area (Å²) in [7, 11) is 0. The molecule has 1 fully saturated rings. The normalized spacial score (nSPS) is 20.7. The average Bonchev–Trinajstić information content (AvgIpc) is 2.80. The quantitative estimate of drug-likeness (QED) is 0.795. The van der Waals surface area contributed by atoms with Crippen molar-refractivity contribution in [3.63, 3.8) is 0 Å². The molecule has 1 aromatic rings. The van der Waals surface area contributed by atoms with Crippen LogP contribution in [0.25, 0.3) is 0 Å². The number of alkyl halides is 1. The highest BCUT2D eigenvalue weighted by molar-refractivity contribution is 6.17. The number of halogens is 1. The zero-order valence-corrected chi connectivity index (χ0v) is 9.46. The van der Waals surface area contributed by atoms with Gasteiger partial charge in [-0.25, -0.2) is 0 Å². The SMILES string of the molecule is ClCc1ccc(CNC2CCOC2)cc1. The molecule has 1 saturated heterocycles. The Kier molecular flexibility index (Phi) is 4.01. The molecule has 1 atom stereocenters. The lowest BCUT2D eigenvalue weighted by Crippen LogP contribution is -2.28. The van der Waals surface area contributed by atoms with Crippen LogP contribution in [0.3, 0.4) is 0 Å². The summed E-state index contributed by atoms with van der Waals surface area (Å²) in [6.45, 7) is 2.65. The second-order valence-corrected chi connectivity index (χ2v) is 4.16. The van der Waals surface area contributed by atoms with Gasteiger partial charge in [0.25, 0.3) is 0 Å². The largest absolute Gasteiger partial charge is 0.380 e. The van der Waals surface area contributed by atoms with Crippen molar-refractivity contribution in [1.29, 1.82) is 0 Å². The van der Waals surface area contributed by atoms with Crippen molar-refractivity contribution in [1.82, 2.24) is 5.32 Å². The van der Waals surface area contributed by atoms with Crippen LogP contribution in [-0.4, -0.2) is 19.3 Å². The maximum atomic E-state index is 5.73. The van der Waals surface area contributed by atoms with Crippen molar-refractivity contribution in [2.45, 2.75) is 24.9 Å². The van der Waals surface area contributed by atoms with Gasteiger partial charge in [0.05, 0.1) is 6.61 Å². The van der Waals surface area contributed by atoms with Crippen molar-refractivity contribution in [2.24, 2.45) is 0 Å². The van der Waals surface area contributed by atoms with Gasteiger partial charge in [-0.2, -0.15) is 0 Å². The first-order valence-electron chi connectivity index (χ1n) is 5.33. The minimum atomic E-state index is 0.526. The highest BCUT2D eigenvalue weighted by Crippen LogP contribution is 2.08. The van der Waals surface area contributed by atoms with Gasteiger partial charge in [-0.05, 0) is 17.5 Å². The molecule has 1 N–H and O–H groups in total. The van der Waals surface area contributed by atoms with E-state index in [1.54, 1.807) is 0 Å². The van der Waals surface area contributed by atoms with Crippen LogP contribution in [0.4, 0.5) is 0 Å².